The van der Waals surface area contributed by atoms with E-state index in [1.807, 2.05) is 0 Å². The second-order valence-electron chi connectivity index (χ2n) is 4.06. The van der Waals surface area contributed by atoms with Crippen LogP contribution in [0, 0.1) is 0 Å². The number of piperazine rings is 1. The lowest BCUT2D eigenvalue weighted by Crippen LogP contribution is -2.55. The van der Waals surface area contributed by atoms with E-state index in [2.05, 4.69) is 16.0 Å². The molecular weight excluding hydrogens is 206 g/mol. The fraction of sp³-hybridized carbons (Fsp3) is 0.909. The highest BCUT2D eigenvalue weighted by molar-refractivity contribution is 5.82. The first-order valence-corrected chi connectivity index (χ1v) is 6.05. The first-order valence-electron chi connectivity index (χ1n) is 6.05. The van der Waals surface area contributed by atoms with Gasteiger partial charge in [0.15, 0.2) is 0 Å². The van der Waals surface area contributed by atoms with Crippen molar-refractivity contribution in [2.75, 3.05) is 39.9 Å². The molecular formula is C11H23N3O2. The van der Waals surface area contributed by atoms with Crippen molar-refractivity contribution in [2.24, 2.45) is 0 Å². The molecule has 0 aliphatic carbocycles. The molecule has 0 aromatic heterocycles. The number of amides is 1. The van der Waals surface area contributed by atoms with Crippen molar-refractivity contribution >= 4 is 5.91 Å². The molecule has 1 amide bonds. The van der Waals surface area contributed by atoms with E-state index >= 15 is 0 Å². The zero-order chi connectivity index (χ0) is 11.6. The second-order valence-corrected chi connectivity index (χ2v) is 4.06. The largest absolute Gasteiger partial charge is 0.385 e. The van der Waals surface area contributed by atoms with E-state index in [1.54, 1.807) is 7.11 Å². The Morgan fingerprint density at radius 1 is 1.38 bits per heavy atom. The summed E-state index contributed by atoms with van der Waals surface area (Å²) in [5.74, 6) is 0.110. The van der Waals surface area contributed by atoms with Gasteiger partial charge in [0.25, 0.3) is 0 Å². The van der Waals surface area contributed by atoms with Gasteiger partial charge in [-0.05, 0) is 19.3 Å². The van der Waals surface area contributed by atoms with E-state index < -0.39 is 0 Å². The minimum absolute atomic E-state index is 0.0623. The standard InChI is InChI=1S/C11H23N3O2/c1-16-8-4-2-3-5-14-11(15)10-9-12-6-7-13-10/h10,12-13H,2-9H2,1H3,(H,14,15). The van der Waals surface area contributed by atoms with Crippen LogP contribution in [0.15, 0.2) is 0 Å². The Balaban J connectivity index is 1.97. The fourth-order valence-corrected chi connectivity index (χ4v) is 1.72. The molecule has 0 aromatic rings. The van der Waals surface area contributed by atoms with Crippen molar-refractivity contribution in [1.82, 2.24) is 16.0 Å². The summed E-state index contributed by atoms with van der Waals surface area (Å²) >= 11 is 0. The second kappa shape index (κ2) is 8.50. The van der Waals surface area contributed by atoms with Crippen LogP contribution in [0.25, 0.3) is 0 Å². The topological polar surface area (TPSA) is 62.4 Å². The van der Waals surface area contributed by atoms with E-state index in [4.69, 9.17) is 4.74 Å². The van der Waals surface area contributed by atoms with Crippen molar-refractivity contribution in [3.63, 3.8) is 0 Å². The highest BCUT2D eigenvalue weighted by atomic mass is 16.5. The molecule has 94 valence electrons. The molecule has 1 rings (SSSR count). The zero-order valence-corrected chi connectivity index (χ0v) is 10.1. The number of hydrogen-bond donors (Lipinski definition) is 3. The Hall–Kier alpha value is -0.650. The minimum atomic E-state index is -0.0623. The van der Waals surface area contributed by atoms with E-state index in [1.165, 1.54) is 0 Å². The minimum Gasteiger partial charge on any atom is -0.385 e. The van der Waals surface area contributed by atoms with Gasteiger partial charge in [-0.15, -0.1) is 0 Å². The average molecular weight is 229 g/mol. The molecule has 1 aliphatic rings. The molecule has 1 fully saturated rings. The van der Waals surface area contributed by atoms with E-state index in [0.29, 0.717) is 0 Å². The highest BCUT2D eigenvalue weighted by Crippen LogP contribution is 1.94. The summed E-state index contributed by atoms with van der Waals surface area (Å²) in [6.07, 6.45) is 3.19. The number of rotatable bonds is 7. The van der Waals surface area contributed by atoms with Crippen LogP contribution in [0.3, 0.4) is 0 Å². The van der Waals surface area contributed by atoms with Crippen LogP contribution in [0.1, 0.15) is 19.3 Å². The number of ether oxygens (including phenoxy) is 1. The average Bonchev–Trinajstić information content (AvgIpc) is 2.34. The van der Waals surface area contributed by atoms with E-state index in [-0.39, 0.29) is 11.9 Å². The van der Waals surface area contributed by atoms with Gasteiger partial charge in [-0.2, -0.15) is 0 Å². The Bertz CT molecular complexity index is 194. The first kappa shape index (κ1) is 13.4. The van der Waals surface area contributed by atoms with Gasteiger partial charge >= 0.3 is 0 Å². The Labute approximate surface area is 97.3 Å². The van der Waals surface area contributed by atoms with Gasteiger partial charge in [0.2, 0.25) is 5.91 Å². The number of unbranched alkanes of at least 4 members (excludes halogenated alkanes) is 2. The zero-order valence-electron chi connectivity index (χ0n) is 10.1. The van der Waals surface area contributed by atoms with Crippen LogP contribution in [0.4, 0.5) is 0 Å². The maximum Gasteiger partial charge on any atom is 0.238 e. The molecule has 3 N–H and O–H groups in total. The number of methoxy groups -OCH3 is 1. The highest BCUT2D eigenvalue weighted by Gasteiger charge is 2.19. The molecule has 0 aromatic carbocycles. The summed E-state index contributed by atoms with van der Waals surface area (Å²) in [6, 6.07) is -0.0623. The van der Waals surface area contributed by atoms with Crippen molar-refractivity contribution in [3.05, 3.63) is 0 Å². The third-order valence-electron chi connectivity index (χ3n) is 2.68. The molecule has 0 saturated carbocycles. The Kier molecular flexibility index (Phi) is 7.12. The quantitative estimate of drug-likeness (QED) is 0.514. The fourth-order valence-electron chi connectivity index (χ4n) is 1.72. The van der Waals surface area contributed by atoms with Crippen LogP contribution < -0.4 is 16.0 Å². The van der Waals surface area contributed by atoms with Gasteiger partial charge in [-0.1, -0.05) is 0 Å². The lowest BCUT2D eigenvalue weighted by Gasteiger charge is -2.23. The summed E-state index contributed by atoms with van der Waals surface area (Å²) in [4.78, 5) is 11.6. The van der Waals surface area contributed by atoms with Crippen LogP contribution in [0.2, 0.25) is 0 Å². The van der Waals surface area contributed by atoms with Gasteiger partial charge in [0, 0.05) is 39.9 Å². The SMILES string of the molecule is COCCCCCNC(=O)C1CNCCN1. The van der Waals surface area contributed by atoms with Crippen LogP contribution in [-0.4, -0.2) is 51.8 Å². The first-order chi connectivity index (χ1) is 7.84. The van der Waals surface area contributed by atoms with Crippen molar-refractivity contribution in [3.8, 4) is 0 Å². The van der Waals surface area contributed by atoms with Crippen molar-refractivity contribution < 1.29 is 9.53 Å². The van der Waals surface area contributed by atoms with Gasteiger partial charge in [0.05, 0.1) is 6.04 Å². The van der Waals surface area contributed by atoms with Crippen molar-refractivity contribution in [2.45, 2.75) is 25.3 Å². The smallest absolute Gasteiger partial charge is 0.238 e. The molecule has 0 spiro atoms. The molecule has 5 nitrogen and oxygen atoms in total. The number of carbonyl (C=O) groups is 1. The normalized spacial score (nSPS) is 20.7. The molecule has 1 unspecified atom stereocenters. The molecule has 0 bridgehead atoms. The van der Waals surface area contributed by atoms with Gasteiger partial charge in [-0.25, -0.2) is 0 Å². The predicted molar refractivity (Wildman–Crippen MR) is 63.4 cm³/mol. The summed E-state index contributed by atoms with van der Waals surface area (Å²) in [5, 5.41) is 9.33. The maximum absolute atomic E-state index is 11.6. The van der Waals surface area contributed by atoms with Crippen LogP contribution in [0.5, 0.6) is 0 Å². The molecule has 1 heterocycles. The van der Waals surface area contributed by atoms with E-state index in [0.717, 1.165) is 52.0 Å². The molecule has 0 radical (unpaired) electrons. The van der Waals surface area contributed by atoms with Crippen LogP contribution >= 0.6 is 0 Å². The van der Waals surface area contributed by atoms with Crippen molar-refractivity contribution in [1.29, 1.82) is 0 Å². The summed E-state index contributed by atoms with van der Waals surface area (Å²) < 4.78 is 4.96. The Morgan fingerprint density at radius 2 is 2.25 bits per heavy atom. The maximum atomic E-state index is 11.6. The van der Waals surface area contributed by atoms with Gasteiger partial charge in [-0.3, -0.25) is 4.79 Å². The number of carbonyl (C=O) groups excluding carboxylic acids is 1. The third-order valence-corrected chi connectivity index (χ3v) is 2.68. The molecule has 5 heteroatoms. The molecule has 1 aliphatic heterocycles. The monoisotopic (exact) mass is 229 g/mol. The predicted octanol–water partition coefficient (Wildman–Crippen LogP) is -0.519. The van der Waals surface area contributed by atoms with Crippen LogP contribution in [-0.2, 0) is 9.53 Å². The molecule has 1 saturated heterocycles. The summed E-state index contributed by atoms with van der Waals surface area (Å²) in [7, 11) is 1.71. The lowest BCUT2D eigenvalue weighted by molar-refractivity contribution is -0.123. The summed E-state index contributed by atoms with van der Waals surface area (Å²) in [6.45, 7) is 4.12. The summed E-state index contributed by atoms with van der Waals surface area (Å²) in [5.41, 5.74) is 0. The third kappa shape index (κ3) is 5.44. The van der Waals surface area contributed by atoms with Gasteiger partial charge < -0.3 is 20.7 Å². The molecule has 16 heavy (non-hydrogen) atoms. The lowest BCUT2D eigenvalue weighted by atomic mass is 10.2. The van der Waals surface area contributed by atoms with Gasteiger partial charge in [0.1, 0.15) is 0 Å². The van der Waals surface area contributed by atoms with E-state index in [9.17, 15) is 4.79 Å². The Morgan fingerprint density at radius 3 is 2.94 bits per heavy atom. The molecule has 1 atom stereocenters. The number of nitrogens with one attached hydrogen (secondary N) is 3. The number of hydrogen-bond acceptors (Lipinski definition) is 4.